The Hall–Kier alpha value is -4.42. The van der Waals surface area contributed by atoms with Crippen LogP contribution in [0.3, 0.4) is 0 Å². The highest BCUT2D eigenvalue weighted by molar-refractivity contribution is 6.21. The summed E-state index contributed by atoms with van der Waals surface area (Å²) in [6, 6.07) is 18.1. The van der Waals surface area contributed by atoms with Crippen molar-refractivity contribution in [3.05, 3.63) is 92.9 Å². The zero-order chi connectivity index (χ0) is 23.4. The molecule has 6 nitrogen and oxygen atoms in total. The molecule has 4 rings (SSSR count). The number of benzene rings is 2. The monoisotopic (exact) mass is 435 g/mol. The Bertz CT molecular complexity index is 1360. The molecule has 0 unspecified atom stereocenters. The predicted molar refractivity (Wildman–Crippen MR) is 124 cm³/mol. The van der Waals surface area contributed by atoms with Gasteiger partial charge in [-0.05, 0) is 55.7 Å². The molecule has 2 amide bonds. The minimum absolute atomic E-state index is 0.0949. The molecule has 0 saturated heterocycles. The topological polar surface area (TPSA) is 94.0 Å². The number of amides is 2. The van der Waals surface area contributed by atoms with Gasteiger partial charge in [0.2, 0.25) is 0 Å². The van der Waals surface area contributed by atoms with E-state index in [0.717, 1.165) is 17.5 Å². The van der Waals surface area contributed by atoms with Gasteiger partial charge in [-0.3, -0.25) is 19.3 Å². The highest BCUT2D eigenvalue weighted by Gasteiger charge is 2.34. The summed E-state index contributed by atoms with van der Waals surface area (Å²) < 4.78 is 0. The highest BCUT2D eigenvalue weighted by atomic mass is 16.2. The van der Waals surface area contributed by atoms with Crippen LogP contribution in [0.2, 0.25) is 0 Å². The Morgan fingerprint density at radius 2 is 1.58 bits per heavy atom. The van der Waals surface area contributed by atoms with E-state index in [1.807, 2.05) is 30.3 Å². The maximum atomic E-state index is 12.4. The molecule has 2 heterocycles. The summed E-state index contributed by atoms with van der Waals surface area (Å²) in [6.07, 6.45) is 2.12. The van der Waals surface area contributed by atoms with E-state index in [2.05, 4.69) is 16.8 Å². The second-order valence-corrected chi connectivity index (χ2v) is 7.83. The van der Waals surface area contributed by atoms with Crippen molar-refractivity contribution in [3.8, 4) is 29.0 Å². The molecule has 1 aliphatic rings. The van der Waals surface area contributed by atoms with Crippen LogP contribution in [0.1, 0.15) is 56.8 Å². The maximum Gasteiger partial charge on any atom is 0.266 e. The first-order chi connectivity index (χ1) is 16.0. The fourth-order valence-corrected chi connectivity index (χ4v) is 3.85. The van der Waals surface area contributed by atoms with Crippen LogP contribution in [0.5, 0.6) is 0 Å². The zero-order valence-corrected chi connectivity index (χ0v) is 18.1. The molecule has 1 aromatic heterocycles. The predicted octanol–water partition coefficient (Wildman–Crippen LogP) is 4.04. The van der Waals surface area contributed by atoms with Crippen LogP contribution in [0.4, 0.5) is 0 Å². The number of aryl methyl sites for hydroxylation is 1. The van der Waals surface area contributed by atoms with Gasteiger partial charge in [-0.2, -0.15) is 5.26 Å². The van der Waals surface area contributed by atoms with E-state index >= 15 is 0 Å². The SMILES string of the molecule is Cc1cc(-c2ccc(C#CCCCCN3C(=O)c4ccccc4C3=O)cc2)c(C#N)c(=O)[nH]1. The number of rotatable bonds is 5. The number of pyridine rings is 1. The second kappa shape index (κ2) is 9.38. The summed E-state index contributed by atoms with van der Waals surface area (Å²) in [5, 5.41) is 9.30. The number of hydrogen-bond donors (Lipinski definition) is 1. The van der Waals surface area contributed by atoms with Crippen molar-refractivity contribution in [1.29, 1.82) is 5.26 Å². The summed E-state index contributed by atoms with van der Waals surface area (Å²) in [6.45, 7) is 2.17. The average molecular weight is 435 g/mol. The largest absolute Gasteiger partial charge is 0.325 e. The van der Waals surface area contributed by atoms with Crippen LogP contribution in [-0.4, -0.2) is 28.2 Å². The summed E-state index contributed by atoms with van der Waals surface area (Å²) in [5.74, 6) is 5.78. The number of imide groups is 1. The van der Waals surface area contributed by atoms with E-state index in [1.54, 1.807) is 37.3 Å². The van der Waals surface area contributed by atoms with Crippen molar-refractivity contribution < 1.29 is 9.59 Å². The first-order valence-electron chi connectivity index (χ1n) is 10.7. The number of fused-ring (bicyclic) bond motifs is 1. The number of aromatic amines is 1. The lowest BCUT2D eigenvalue weighted by atomic mass is 10.00. The highest BCUT2D eigenvalue weighted by Crippen LogP contribution is 2.23. The molecular formula is C27H21N3O3. The minimum Gasteiger partial charge on any atom is -0.325 e. The van der Waals surface area contributed by atoms with Crippen LogP contribution in [-0.2, 0) is 0 Å². The molecule has 0 bridgehead atoms. The van der Waals surface area contributed by atoms with E-state index in [-0.39, 0.29) is 17.4 Å². The molecule has 0 spiro atoms. The number of hydrogen-bond acceptors (Lipinski definition) is 4. The lowest BCUT2D eigenvalue weighted by Crippen LogP contribution is -2.30. The normalized spacial score (nSPS) is 12.2. The Morgan fingerprint density at radius 1 is 0.909 bits per heavy atom. The maximum absolute atomic E-state index is 12.4. The first kappa shape index (κ1) is 21.8. The van der Waals surface area contributed by atoms with Gasteiger partial charge < -0.3 is 4.98 Å². The quantitative estimate of drug-likeness (QED) is 0.372. The Kier molecular flexibility index (Phi) is 6.20. The summed E-state index contributed by atoms with van der Waals surface area (Å²) in [5.41, 5.74) is 3.57. The number of nitrogens with zero attached hydrogens (tertiary/aromatic N) is 2. The number of nitrogens with one attached hydrogen (secondary N) is 1. The smallest absolute Gasteiger partial charge is 0.266 e. The van der Waals surface area contributed by atoms with Crippen LogP contribution in [0, 0.1) is 30.1 Å². The molecular weight excluding hydrogens is 414 g/mol. The lowest BCUT2D eigenvalue weighted by molar-refractivity contribution is 0.0652. The number of H-pyrrole nitrogens is 1. The first-order valence-corrected chi connectivity index (χ1v) is 10.7. The van der Waals surface area contributed by atoms with Crippen molar-refractivity contribution in [2.24, 2.45) is 0 Å². The summed E-state index contributed by atoms with van der Waals surface area (Å²) in [7, 11) is 0. The van der Waals surface area contributed by atoms with Gasteiger partial charge in [-0.25, -0.2) is 0 Å². The molecule has 0 aliphatic carbocycles. The lowest BCUT2D eigenvalue weighted by Gasteiger charge is -2.12. The third-order valence-electron chi connectivity index (χ3n) is 5.52. The molecule has 0 atom stereocenters. The van der Waals surface area contributed by atoms with E-state index < -0.39 is 5.56 Å². The van der Waals surface area contributed by atoms with Gasteiger partial charge in [0.05, 0.1) is 11.1 Å². The summed E-state index contributed by atoms with van der Waals surface area (Å²) >= 11 is 0. The fourth-order valence-electron chi connectivity index (χ4n) is 3.85. The molecule has 162 valence electrons. The third kappa shape index (κ3) is 4.46. The Morgan fingerprint density at radius 3 is 2.21 bits per heavy atom. The van der Waals surface area contributed by atoms with E-state index in [1.165, 1.54) is 4.90 Å². The van der Waals surface area contributed by atoms with E-state index in [4.69, 9.17) is 0 Å². The molecule has 2 aromatic carbocycles. The molecule has 0 fully saturated rings. The minimum atomic E-state index is -0.391. The molecule has 1 N–H and O–H groups in total. The fraction of sp³-hybridized carbons (Fsp3) is 0.185. The standard InChI is InChI=1S/C27H21N3O3/c1-18-16-23(24(17-28)25(31)29-18)20-13-11-19(12-14-20)8-4-2-3-7-15-30-26(32)21-9-5-6-10-22(21)27(30)33/h5-6,9-14,16H,2-3,7,15H2,1H3,(H,29,31). The number of nitriles is 1. The number of carbonyl (C=O) groups is 2. The van der Waals surface area contributed by atoms with Gasteiger partial charge in [-0.1, -0.05) is 36.1 Å². The second-order valence-electron chi connectivity index (χ2n) is 7.83. The number of carbonyl (C=O) groups excluding carboxylic acids is 2. The third-order valence-corrected chi connectivity index (χ3v) is 5.52. The Labute approximate surface area is 191 Å². The zero-order valence-electron chi connectivity index (χ0n) is 18.1. The summed E-state index contributed by atoms with van der Waals surface area (Å²) in [4.78, 5) is 40.7. The molecule has 3 aromatic rings. The van der Waals surface area contributed by atoms with Gasteiger partial charge >= 0.3 is 0 Å². The molecule has 1 aliphatic heterocycles. The molecule has 6 heteroatoms. The van der Waals surface area contributed by atoms with Crippen LogP contribution < -0.4 is 5.56 Å². The average Bonchev–Trinajstić information content (AvgIpc) is 3.06. The van der Waals surface area contributed by atoms with Gasteiger partial charge in [0.25, 0.3) is 17.4 Å². The molecule has 0 saturated carbocycles. The van der Waals surface area contributed by atoms with Crippen molar-refractivity contribution in [2.45, 2.75) is 26.2 Å². The van der Waals surface area contributed by atoms with Gasteiger partial charge in [0.1, 0.15) is 11.6 Å². The van der Waals surface area contributed by atoms with Crippen molar-refractivity contribution in [1.82, 2.24) is 9.88 Å². The van der Waals surface area contributed by atoms with Crippen molar-refractivity contribution >= 4 is 11.8 Å². The Balaban J connectivity index is 1.32. The number of aromatic nitrogens is 1. The van der Waals surface area contributed by atoms with E-state index in [0.29, 0.717) is 41.8 Å². The molecule has 0 radical (unpaired) electrons. The van der Waals surface area contributed by atoms with Gasteiger partial charge in [-0.15, -0.1) is 0 Å². The van der Waals surface area contributed by atoms with Gasteiger partial charge in [0, 0.05) is 29.8 Å². The van der Waals surface area contributed by atoms with E-state index in [9.17, 15) is 19.6 Å². The van der Waals surface area contributed by atoms with Gasteiger partial charge in [0.15, 0.2) is 0 Å². The van der Waals surface area contributed by atoms with Crippen LogP contribution >= 0.6 is 0 Å². The van der Waals surface area contributed by atoms with Crippen LogP contribution in [0.25, 0.3) is 11.1 Å². The van der Waals surface area contributed by atoms with Crippen molar-refractivity contribution in [3.63, 3.8) is 0 Å². The number of unbranched alkanes of at least 4 members (excludes halogenated alkanes) is 2. The molecule has 33 heavy (non-hydrogen) atoms. The van der Waals surface area contributed by atoms with Crippen molar-refractivity contribution in [2.75, 3.05) is 6.54 Å². The van der Waals surface area contributed by atoms with Crippen LogP contribution in [0.15, 0.2) is 59.4 Å².